The second kappa shape index (κ2) is 11.1. The Labute approximate surface area is 220 Å². The Bertz CT molecular complexity index is 1460. The molecule has 12 heteroatoms. The summed E-state index contributed by atoms with van der Waals surface area (Å²) < 4.78 is 8.49. The van der Waals surface area contributed by atoms with E-state index in [1.165, 1.54) is 6.20 Å². The first-order chi connectivity index (χ1) is 18.4. The van der Waals surface area contributed by atoms with Crippen LogP contribution in [0.1, 0.15) is 35.8 Å². The maximum absolute atomic E-state index is 13.2. The van der Waals surface area contributed by atoms with Crippen molar-refractivity contribution in [1.82, 2.24) is 34.3 Å². The van der Waals surface area contributed by atoms with Gasteiger partial charge in [-0.15, -0.1) is 0 Å². The number of carbonyl (C=O) groups excluding carboxylic acids is 2. The standard InChI is InChI=1S/C26H31N9O3/c1-17-5-4-6-33(17)16-25(36)31-20-9-22(18(2)27-11-20)32-26(37)21-12-30-35-15-23(28-13-24(21)35)19-10-29-34(14-19)7-8-38-3/h9-15,17H,4-8,16H2,1-3H3,(H,31,36)(H,32,37)/t17-/m0/s1. The van der Waals surface area contributed by atoms with Gasteiger partial charge in [0.25, 0.3) is 5.91 Å². The highest BCUT2D eigenvalue weighted by Crippen LogP contribution is 2.22. The van der Waals surface area contributed by atoms with Crippen molar-refractivity contribution in [2.45, 2.75) is 39.3 Å². The van der Waals surface area contributed by atoms with Crippen molar-refractivity contribution in [2.24, 2.45) is 0 Å². The smallest absolute Gasteiger partial charge is 0.259 e. The van der Waals surface area contributed by atoms with E-state index in [2.05, 4.69) is 42.6 Å². The summed E-state index contributed by atoms with van der Waals surface area (Å²) in [7, 11) is 1.65. The first-order valence-corrected chi connectivity index (χ1v) is 12.6. The lowest BCUT2D eigenvalue weighted by molar-refractivity contribution is -0.117. The van der Waals surface area contributed by atoms with Crippen molar-refractivity contribution in [1.29, 1.82) is 0 Å². The fourth-order valence-corrected chi connectivity index (χ4v) is 4.54. The van der Waals surface area contributed by atoms with E-state index in [-0.39, 0.29) is 11.8 Å². The largest absolute Gasteiger partial charge is 0.383 e. The van der Waals surface area contributed by atoms with E-state index >= 15 is 0 Å². The van der Waals surface area contributed by atoms with Crippen molar-refractivity contribution in [2.75, 3.05) is 37.4 Å². The molecular weight excluding hydrogens is 486 g/mol. The van der Waals surface area contributed by atoms with Crippen LogP contribution in [0.3, 0.4) is 0 Å². The molecule has 0 bridgehead atoms. The molecule has 2 amide bonds. The Hall–Kier alpha value is -4.16. The number of amides is 2. The highest BCUT2D eigenvalue weighted by Gasteiger charge is 2.22. The van der Waals surface area contributed by atoms with Gasteiger partial charge in [0.1, 0.15) is 0 Å². The minimum absolute atomic E-state index is 0.101. The number of nitrogens with zero attached hydrogens (tertiary/aromatic N) is 7. The van der Waals surface area contributed by atoms with Gasteiger partial charge < -0.3 is 15.4 Å². The molecule has 198 valence electrons. The fourth-order valence-electron chi connectivity index (χ4n) is 4.54. The molecule has 5 rings (SSSR count). The molecule has 4 aromatic rings. The summed E-state index contributed by atoms with van der Waals surface area (Å²) in [4.78, 5) is 36.7. The number of ether oxygens (including phenoxy) is 1. The van der Waals surface area contributed by atoms with E-state index in [9.17, 15) is 9.59 Å². The third-order valence-corrected chi connectivity index (χ3v) is 6.76. The van der Waals surface area contributed by atoms with Gasteiger partial charge in [0, 0.05) is 24.9 Å². The van der Waals surface area contributed by atoms with E-state index in [1.807, 2.05) is 6.20 Å². The zero-order valence-electron chi connectivity index (χ0n) is 21.7. The number of aromatic nitrogens is 6. The summed E-state index contributed by atoms with van der Waals surface area (Å²) in [5, 5.41) is 14.5. The predicted octanol–water partition coefficient (Wildman–Crippen LogP) is 2.62. The summed E-state index contributed by atoms with van der Waals surface area (Å²) >= 11 is 0. The maximum Gasteiger partial charge on any atom is 0.259 e. The van der Waals surface area contributed by atoms with Crippen LogP contribution >= 0.6 is 0 Å². The molecule has 0 spiro atoms. The number of pyridine rings is 1. The van der Waals surface area contributed by atoms with Gasteiger partial charge in [-0.2, -0.15) is 10.2 Å². The Morgan fingerprint density at radius 3 is 2.76 bits per heavy atom. The minimum Gasteiger partial charge on any atom is -0.383 e. The van der Waals surface area contributed by atoms with Crippen LogP contribution in [0.2, 0.25) is 0 Å². The third kappa shape index (κ3) is 5.55. The van der Waals surface area contributed by atoms with E-state index in [1.54, 1.807) is 54.1 Å². The molecule has 0 aliphatic carbocycles. The van der Waals surface area contributed by atoms with Gasteiger partial charge in [-0.25, -0.2) is 4.52 Å². The highest BCUT2D eigenvalue weighted by atomic mass is 16.5. The number of rotatable bonds is 9. The second-order valence-electron chi connectivity index (χ2n) is 9.47. The summed E-state index contributed by atoms with van der Waals surface area (Å²) in [6, 6.07) is 2.12. The maximum atomic E-state index is 13.2. The number of anilines is 2. The first kappa shape index (κ1) is 25.5. The van der Waals surface area contributed by atoms with Crippen LogP contribution in [0.5, 0.6) is 0 Å². The molecule has 5 heterocycles. The van der Waals surface area contributed by atoms with E-state index in [0.29, 0.717) is 59.6 Å². The van der Waals surface area contributed by atoms with Crippen LogP contribution in [-0.4, -0.2) is 78.9 Å². The Kier molecular flexibility index (Phi) is 7.43. The van der Waals surface area contributed by atoms with Crippen LogP contribution < -0.4 is 10.6 Å². The van der Waals surface area contributed by atoms with Gasteiger partial charge in [0.15, 0.2) is 0 Å². The summed E-state index contributed by atoms with van der Waals surface area (Å²) in [5.74, 6) is -0.448. The normalized spacial score (nSPS) is 15.7. The van der Waals surface area contributed by atoms with Crippen molar-refractivity contribution >= 4 is 28.7 Å². The van der Waals surface area contributed by atoms with Crippen LogP contribution in [0, 0.1) is 6.92 Å². The number of nitrogens with one attached hydrogen (secondary N) is 2. The number of aryl methyl sites for hydroxylation is 1. The molecule has 1 aliphatic heterocycles. The van der Waals surface area contributed by atoms with Crippen LogP contribution in [0.4, 0.5) is 11.4 Å². The lowest BCUT2D eigenvalue weighted by atomic mass is 10.2. The average Bonchev–Trinajstić information content (AvgIpc) is 3.64. The van der Waals surface area contributed by atoms with Gasteiger partial charge in [0.2, 0.25) is 5.91 Å². The van der Waals surface area contributed by atoms with Gasteiger partial charge in [-0.1, -0.05) is 0 Å². The SMILES string of the molecule is COCCn1cc(-c2cn3ncc(C(=O)Nc4cc(NC(=O)CN5CCC[C@@H]5C)cnc4C)c3cn2)cn1. The third-order valence-electron chi connectivity index (χ3n) is 6.76. The molecule has 2 N–H and O–H groups in total. The van der Waals surface area contributed by atoms with Crippen LogP contribution in [0.25, 0.3) is 16.8 Å². The number of hydrogen-bond donors (Lipinski definition) is 2. The zero-order chi connectivity index (χ0) is 26.6. The molecule has 1 aliphatic rings. The number of likely N-dealkylation sites (tertiary alicyclic amines) is 1. The molecule has 0 radical (unpaired) electrons. The molecule has 1 saturated heterocycles. The lowest BCUT2D eigenvalue weighted by Gasteiger charge is -2.20. The van der Waals surface area contributed by atoms with E-state index in [4.69, 9.17) is 4.74 Å². The molecule has 4 aromatic heterocycles. The van der Waals surface area contributed by atoms with Crippen molar-refractivity contribution in [3.8, 4) is 11.3 Å². The number of fused-ring (bicyclic) bond motifs is 1. The van der Waals surface area contributed by atoms with Gasteiger partial charge in [0.05, 0.1) is 84.5 Å². The summed E-state index contributed by atoms with van der Waals surface area (Å²) in [6.45, 7) is 6.40. The monoisotopic (exact) mass is 517 g/mol. The topological polar surface area (TPSA) is 132 Å². The Morgan fingerprint density at radius 2 is 1.97 bits per heavy atom. The first-order valence-electron chi connectivity index (χ1n) is 12.6. The summed E-state index contributed by atoms with van der Waals surface area (Å²) in [6.07, 6.45) is 12.3. The molecule has 0 aromatic carbocycles. The average molecular weight is 518 g/mol. The summed E-state index contributed by atoms with van der Waals surface area (Å²) in [5.41, 5.74) is 4.12. The molecule has 1 atom stereocenters. The minimum atomic E-state index is -0.346. The predicted molar refractivity (Wildman–Crippen MR) is 142 cm³/mol. The van der Waals surface area contributed by atoms with Crippen molar-refractivity contribution in [3.63, 3.8) is 0 Å². The number of hydrogen-bond acceptors (Lipinski definition) is 8. The quantitative estimate of drug-likeness (QED) is 0.346. The molecule has 38 heavy (non-hydrogen) atoms. The Morgan fingerprint density at radius 1 is 1.11 bits per heavy atom. The number of carbonyl (C=O) groups is 2. The van der Waals surface area contributed by atoms with Gasteiger partial charge in [-0.05, 0) is 39.3 Å². The van der Waals surface area contributed by atoms with E-state index in [0.717, 1.165) is 24.9 Å². The van der Waals surface area contributed by atoms with Crippen LogP contribution in [-0.2, 0) is 16.1 Å². The van der Waals surface area contributed by atoms with E-state index < -0.39 is 0 Å². The van der Waals surface area contributed by atoms with Crippen molar-refractivity contribution in [3.05, 3.63) is 54.5 Å². The zero-order valence-corrected chi connectivity index (χ0v) is 21.7. The fraction of sp³-hybridized carbons (Fsp3) is 0.385. The highest BCUT2D eigenvalue weighted by molar-refractivity contribution is 6.09. The second-order valence-corrected chi connectivity index (χ2v) is 9.47. The molecule has 1 fully saturated rings. The Balaban J connectivity index is 1.28. The number of methoxy groups -OCH3 is 1. The molecule has 0 saturated carbocycles. The molecule has 0 unspecified atom stereocenters. The van der Waals surface area contributed by atoms with Crippen molar-refractivity contribution < 1.29 is 14.3 Å². The van der Waals surface area contributed by atoms with Gasteiger partial charge in [-0.3, -0.25) is 29.1 Å². The molecular formula is C26H31N9O3. The van der Waals surface area contributed by atoms with Crippen LogP contribution in [0.15, 0.2) is 43.2 Å². The lowest BCUT2D eigenvalue weighted by Crippen LogP contribution is -2.35. The van der Waals surface area contributed by atoms with Gasteiger partial charge >= 0.3 is 0 Å². The molecule has 12 nitrogen and oxygen atoms in total.